The van der Waals surface area contributed by atoms with Gasteiger partial charge in [0.2, 0.25) is 0 Å². The molecule has 8 aromatic carbocycles. The minimum absolute atomic E-state index is 0.0341. The average molecular weight is 700 g/mol. The van der Waals surface area contributed by atoms with Gasteiger partial charge < -0.3 is 9.80 Å². The first-order chi connectivity index (χ1) is 26.0. The Balaban J connectivity index is 1.44. The summed E-state index contributed by atoms with van der Waals surface area (Å²) in [6.07, 6.45) is 0. The van der Waals surface area contributed by atoms with Gasteiger partial charge in [-0.3, -0.25) is 0 Å². The second-order valence-electron chi connectivity index (χ2n) is 16.2. The van der Waals surface area contributed by atoms with Crippen LogP contribution in [-0.4, -0.2) is 0 Å². The SMILES string of the molecule is CC(C)(C)c1ccc(N(c2ccccc2)c2cc3c4ccc(C#N)cc4c(N(c4ccccc4)c4ccc(C(C)(C)C)cc4)cc3c3ccccc23)cc1. The van der Waals surface area contributed by atoms with Crippen LogP contribution in [0.4, 0.5) is 34.1 Å². The van der Waals surface area contributed by atoms with E-state index in [1.807, 2.05) is 6.07 Å². The quantitative estimate of drug-likeness (QED) is 0.162. The van der Waals surface area contributed by atoms with Crippen LogP contribution in [0.1, 0.15) is 58.2 Å². The number of fused-ring (bicyclic) bond motifs is 5. The van der Waals surface area contributed by atoms with E-state index >= 15 is 0 Å². The number of benzene rings is 8. The Hall–Kier alpha value is -6.37. The molecule has 8 aromatic rings. The van der Waals surface area contributed by atoms with Gasteiger partial charge in [0, 0.05) is 33.5 Å². The predicted molar refractivity (Wildman–Crippen MR) is 230 cm³/mol. The van der Waals surface area contributed by atoms with Gasteiger partial charge >= 0.3 is 0 Å². The van der Waals surface area contributed by atoms with Crippen LogP contribution < -0.4 is 9.80 Å². The molecular formula is C51H45N3. The molecule has 0 atom stereocenters. The molecule has 264 valence electrons. The summed E-state index contributed by atoms with van der Waals surface area (Å²) < 4.78 is 0. The molecule has 0 amide bonds. The summed E-state index contributed by atoms with van der Waals surface area (Å²) in [6.45, 7) is 13.5. The Bertz CT molecular complexity index is 2660. The summed E-state index contributed by atoms with van der Waals surface area (Å²) in [6, 6.07) is 61.1. The monoisotopic (exact) mass is 699 g/mol. The van der Waals surface area contributed by atoms with Crippen molar-refractivity contribution in [3.8, 4) is 6.07 Å². The van der Waals surface area contributed by atoms with Crippen molar-refractivity contribution < 1.29 is 0 Å². The molecule has 54 heavy (non-hydrogen) atoms. The zero-order chi connectivity index (χ0) is 37.6. The van der Waals surface area contributed by atoms with Gasteiger partial charge in [-0.2, -0.15) is 5.26 Å². The molecule has 0 radical (unpaired) electrons. The van der Waals surface area contributed by atoms with Gasteiger partial charge in [-0.15, -0.1) is 0 Å². The van der Waals surface area contributed by atoms with Crippen molar-refractivity contribution in [1.82, 2.24) is 0 Å². The number of rotatable bonds is 6. The summed E-state index contributed by atoms with van der Waals surface area (Å²) in [5, 5.41) is 16.9. The minimum atomic E-state index is 0.0341. The van der Waals surface area contributed by atoms with E-state index in [-0.39, 0.29) is 10.8 Å². The Morgan fingerprint density at radius 1 is 0.370 bits per heavy atom. The number of nitriles is 1. The van der Waals surface area contributed by atoms with Crippen LogP contribution in [0.2, 0.25) is 0 Å². The summed E-state index contributed by atoms with van der Waals surface area (Å²) in [5.41, 5.74) is 9.72. The van der Waals surface area contributed by atoms with E-state index in [1.54, 1.807) is 0 Å². The maximum Gasteiger partial charge on any atom is 0.0991 e. The average Bonchev–Trinajstić information content (AvgIpc) is 3.18. The van der Waals surface area contributed by atoms with Gasteiger partial charge in [0.25, 0.3) is 0 Å². The highest BCUT2D eigenvalue weighted by Crippen LogP contribution is 2.48. The molecule has 0 N–H and O–H groups in total. The van der Waals surface area contributed by atoms with E-state index in [4.69, 9.17) is 0 Å². The van der Waals surface area contributed by atoms with Crippen molar-refractivity contribution in [2.45, 2.75) is 52.4 Å². The van der Waals surface area contributed by atoms with E-state index in [0.717, 1.165) is 61.1 Å². The summed E-state index contributed by atoms with van der Waals surface area (Å²) in [7, 11) is 0. The number of anilines is 6. The lowest BCUT2D eigenvalue weighted by molar-refractivity contribution is 0.590. The van der Waals surface area contributed by atoms with Crippen molar-refractivity contribution in [1.29, 1.82) is 5.26 Å². The third-order valence-corrected chi connectivity index (χ3v) is 10.6. The normalized spacial score (nSPS) is 11.9. The maximum absolute atomic E-state index is 10.2. The topological polar surface area (TPSA) is 30.3 Å². The van der Waals surface area contributed by atoms with Crippen molar-refractivity contribution in [3.05, 3.63) is 180 Å². The summed E-state index contributed by atoms with van der Waals surface area (Å²) in [5.74, 6) is 0. The predicted octanol–water partition coefficient (Wildman–Crippen LogP) is 14.6. The Labute approximate surface area is 319 Å². The van der Waals surface area contributed by atoms with Crippen LogP contribution in [0.5, 0.6) is 0 Å². The van der Waals surface area contributed by atoms with Crippen molar-refractivity contribution in [2.24, 2.45) is 0 Å². The molecule has 0 unspecified atom stereocenters. The fraction of sp³-hybridized carbons (Fsp3) is 0.157. The van der Waals surface area contributed by atoms with Gasteiger partial charge in [-0.05, 0) is 116 Å². The van der Waals surface area contributed by atoms with Crippen molar-refractivity contribution in [2.75, 3.05) is 9.80 Å². The third-order valence-electron chi connectivity index (χ3n) is 10.6. The molecule has 3 heteroatoms. The highest BCUT2D eigenvalue weighted by atomic mass is 15.1. The molecule has 3 nitrogen and oxygen atoms in total. The molecule has 8 rings (SSSR count). The molecule has 0 aliphatic rings. The largest absolute Gasteiger partial charge is 0.310 e. The van der Waals surface area contributed by atoms with Crippen LogP contribution in [-0.2, 0) is 10.8 Å². The van der Waals surface area contributed by atoms with E-state index in [1.165, 1.54) is 16.5 Å². The van der Waals surface area contributed by atoms with Gasteiger partial charge in [0.05, 0.1) is 23.0 Å². The summed E-state index contributed by atoms with van der Waals surface area (Å²) in [4.78, 5) is 4.72. The minimum Gasteiger partial charge on any atom is -0.310 e. The van der Waals surface area contributed by atoms with E-state index in [2.05, 4.69) is 215 Å². The standard InChI is InChI=1S/C51H45N3/c1-50(2,3)36-22-26-40(27-23-36)53(38-15-9-7-10-16-38)48-32-46-43-30-21-35(34-52)31-47(43)49(33-45(46)42-19-13-14-20-44(42)48)54(39-17-11-8-12-18-39)41-28-24-37(25-29-41)51(4,5)6/h7-33H,1-6H3. The second kappa shape index (κ2) is 13.6. The number of para-hydroxylation sites is 2. The molecule has 0 bridgehead atoms. The highest BCUT2D eigenvalue weighted by Gasteiger charge is 2.23. The number of hydrogen-bond acceptors (Lipinski definition) is 3. The van der Waals surface area contributed by atoms with Gasteiger partial charge in [-0.1, -0.05) is 133 Å². The molecule has 0 aromatic heterocycles. The number of nitrogens with zero attached hydrogens (tertiary/aromatic N) is 3. The van der Waals surface area contributed by atoms with Gasteiger partial charge in [0.15, 0.2) is 0 Å². The van der Waals surface area contributed by atoms with Crippen LogP contribution in [0, 0.1) is 11.3 Å². The molecular weight excluding hydrogens is 655 g/mol. The first-order valence-corrected chi connectivity index (χ1v) is 18.7. The van der Waals surface area contributed by atoms with Crippen LogP contribution in [0.3, 0.4) is 0 Å². The molecule has 0 heterocycles. The van der Waals surface area contributed by atoms with Gasteiger partial charge in [0.1, 0.15) is 0 Å². The molecule has 0 saturated carbocycles. The smallest absolute Gasteiger partial charge is 0.0991 e. The van der Waals surface area contributed by atoms with E-state index in [0.29, 0.717) is 5.56 Å². The van der Waals surface area contributed by atoms with Crippen LogP contribution >= 0.6 is 0 Å². The van der Waals surface area contributed by atoms with E-state index < -0.39 is 0 Å². The van der Waals surface area contributed by atoms with Gasteiger partial charge in [-0.25, -0.2) is 0 Å². The Morgan fingerprint density at radius 2 is 0.759 bits per heavy atom. The Morgan fingerprint density at radius 3 is 1.20 bits per heavy atom. The molecule has 0 fully saturated rings. The molecule has 0 aliphatic carbocycles. The fourth-order valence-electron chi connectivity index (χ4n) is 7.63. The zero-order valence-corrected chi connectivity index (χ0v) is 31.9. The van der Waals surface area contributed by atoms with Crippen LogP contribution in [0.25, 0.3) is 32.3 Å². The van der Waals surface area contributed by atoms with Crippen molar-refractivity contribution >= 4 is 66.4 Å². The number of hydrogen-bond donors (Lipinski definition) is 0. The molecule has 0 aliphatic heterocycles. The zero-order valence-electron chi connectivity index (χ0n) is 31.9. The van der Waals surface area contributed by atoms with E-state index in [9.17, 15) is 5.26 Å². The molecule has 0 saturated heterocycles. The first kappa shape index (κ1) is 34.7. The first-order valence-electron chi connectivity index (χ1n) is 18.7. The van der Waals surface area contributed by atoms with Crippen LogP contribution in [0.15, 0.2) is 164 Å². The second-order valence-corrected chi connectivity index (χ2v) is 16.2. The highest BCUT2D eigenvalue weighted by molar-refractivity contribution is 6.24. The Kier molecular flexibility index (Phi) is 8.71. The summed E-state index contributed by atoms with van der Waals surface area (Å²) >= 11 is 0. The molecule has 0 spiro atoms. The maximum atomic E-state index is 10.2. The van der Waals surface area contributed by atoms with Crippen molar-refractivity contribution in [3.63, 3.8) is 0 Å². The third kappa shape index (κ3) is 6.35. The fourth-order valence-corrected chi connectivity index (χ4v) is 7.63. The lowest BCUT2D eigenvalue weighted by Crippen LogP contribution is -2.14. The lowest BCUT2D eigenvalue weighted by Gasteiger charge is -2.30. The lowest BCUT2D eigenvalue weighted by atomic mass is 9.87.